The molecule has 0 radical (unpaired) electrons. The first-order chi connectivity index (χ1) is 21.5. The molecule has 0 saturated heterocycles. The molecule has 0 fully saturated rings. The zero-order chi connectivity index (χ0) is 30.6. The van der Waals surface area contributed by atoms with Crippen molar-refractivity contribution in [3.63, 3.8) is 0 Å². The Morgan fingerprint density at radius 3 is 2.36 bits per heavy atom. The van der Waals surface area contributed by atoms with Gasteiger partial charge in [0.1, 0.15) is 11.3 Å². The van der Waals surface area contributed by atoms with Gasteiger partial charge in [0.2, 0.25) is 5.89 Å². The summed E-state index contributed by atoms with van der Waals surface area (Å²) < 4.78 is 12.8. The molecule has 0 amide bonds. The van der Waals surface area contributed by atoms with E-state index in [1.165, 1.54) is 30.4 Å². The Morgan fingerprint density at radius 2 is 1.59 bits per heavy atom. The average Bonchev–Trinajstić information content (AvgIpc) is 3.46. The van der Waals surface area contributed by atoms with Gasteiger partial charge in [-0.05, 0) is 84.7 Å². The molecule has 0 bridgehead atoms. The number of aromatic hydroxyl groups is 1. The van der Waals surface area contributed by atoms with Crippen molar-refractivity contribution >= 4 is 28.2 Å². The van der Waals surface area contributed by atoms with Crippen LogP contribution in [0.3, 0.4) is 0 Å². The van der Waals surface area contributed by atoms with E-state index in [9.17, 15) is 5.11 Å². The van der Waals surface area contributed by atoms with Gasteiger partial charge in [-0.2, -0.15) is 0 Å². The third kappa shape index (κ3) is 5.80. The summed E-state index contributed by atoms with van der Waals surface area (Å²) in [4.78, 5) is 6.93. The van der Waals surface area contributed by atoms with Gasteiger partial charge < -0.3 is 19.2 Å². The van der Waals surface area contributed by atoms with Crippen LogP contribution in [0.4, 0.5) is 17.1 Å². The molecule has 1 aliphatic rings. The smallest absolute Gasteiger partial charge is 0.231 e. The molecular weight excluding hydrogens is 544 g/mol. The van der Waals surface area contributed by atoms with Crippen molar-refractivity contribution in [2.75, 3.05) is 4.90 Å². The molecule has 1 aliphatic heterocycles. The molecule has 0 saturated carbocycles. The molecule has 228 valence electrons. The predicted octanol–water partition coefficient (Wildman–Crippen LogP) is 12.1. The van der Waals surface area contributed by atoms with E-state index >= 15 is 0 Å². The number of phenols is 1. The van der Waals surface area contributed by atoms with Crippen molar-refractivity contribution in [3.8, 4) is 28.7 Å². The summed E-state index contributed by atoms with van der Waals surface area (Å²) in [6.45, 7) is 9.01. The lowest BCUT2D eigenvalue weighted by Gasteiger charge is -2.34. The van der Waals surface area contributed by atoms with Gasteiger partial charge in [-0.1, -0.05) is 90.1 Å². The number of oxazole rings is 1. The molecule has 44 heavy (non-hydrogen) atoms. The lowest BCUT2D eigenvalue weighted by atomic mass is 9.90. The highest BCUT2D eigenvalue weighted by Crippen LogP contribution is 2.53. The van der Waals surface area contributed by atoms with Gasteiger partial charge in [0.05, 0.1) is 22.6 Å². The maximum absolute atomic E-state index is 11.4. The van der Waals surface area contributed by atoms with Gasteiger partial charge in [0, 0.05) is 6.07 Å². The minimum atomic E-state index is 0.124. The van der Waals surface area contributed by atoms with E-state index in [4.69, 9.17) is 14.1 Å². The van der Waals surface area contributed by atoms with E-state index in [0.717, 1.165) is 71.8 Å². The Hall–Kier alpha value is -4.25. The lowest BCUT2D eigenvalue weighted by molar-refractivity contribution is 0.461. The molecule has 1 atom stereocenters. The Balaban J connectivity index is 1.36. The quantitative estimate of drug-likeness (QED) is 0.144. The van der Waals surface area contributed by atoms with Crippen LogP contribution in [0.2, 0.25) is 0 Å². The van der Waals surface area contributed by atoms with Crippen LogP contribution in [0, 0.1) is 0 Å². The molecule has 1 aromatic heterocycles. The van der Waals surface area contributed by atoms with E-state index in [1.807, 2.05) is 36.4 Å². The van der Waals surface area contributed by atoms with E-state index < -0.39 is 0 Å². The molecular formula is C39H44N2O3. The molecule has 6 rings (SSSR count). The molecule has 5 nitrogen and oxygen atoms in total. The number of ether oxygens (including phenoxy) is 1. The summed E-state index contributed by atoms with van der Waals surface area (Å²) in [5, 5.41) is 11.4. The van der Waals surface area contributed by atoms with Crippen molar-refractivity contribution in [3.05, 3.63) is 90.0 Å². The van der Waals surface area contributed by atoms with Gasteiger partial charge >= 0.3 is 0 Å². The molecule has 2 heterocycles. The summed E-state index contributed by atoms with van der Waals surface area (Å²) in [7, 11) is 0. The van der Waals surface area contributed by atoms with Gasteiger partial charge in [-0.15, -0.1) is 0 Å². The molecule has 1 N–H and O–H groups in total. The van der Waals surface area contributed by atoms with Crippen molar-refractivity contribution in [2.45, 2.75) is 90.9 Å². The van der Waals surface area contributed by atoms with Crippen LogP contribution >= 0.6 is 0 Å². The number of anilines is 3. The minimum Gasteiger partial charge on any atom is -0.507 e. The number of hydrogen-bond donors (Lipinski definition) is 1. The van der Waals surface area contributed by atoms with Crippen LogP contribution < -0.4 is 9.64 Å². The fourth-order valence-corrected chi connectivity index (χ4v) is 6.64. The number of nitrogens with zero attached hydrogens (tertiary/aromatic N) is 2. The van der Waals surface area contributed by atoms with E-state index in [0.29, 0.717) is 23.3 Å². The Labute approximate surface area is 261 Å². The van der Waals surface area contributed by atoms with Gasteiger partial charge in [0.15, 0.2) is 17.1 Å². The van der Waals surface area contributed by atoms with Crippen molar-refractivity contribution in [1.82, 2.24) is 4.98 Å². The molecule has 5 aromatic rings. The maximum Gasteiger partial charge on any atom is 0.231 e. The van der Waals surface area contributed by atoms with Crippen molar-refractivity contribution in [2.24, 2.45) is 0 Å². The van der Waals surface area contributed by atoms with Crippen LogP contribution in [-0.4, -0.2) is 10.1 Å². The first-order valence-electron chi connectivity index (χ1n) is 16.5. The predicted molar refractivity (Wildman–Crippen MR) is 181 cm³/mol. The minimum absolute atomic E-state index is 0.124. The van der Waals surface area contributed by atoms with Crippen molar-refractivity contribution in [1.29, 1.82) is 0 Å². The number of benzene rings is 4. The zero-order valence-electron chi connectivity index (χ0n) is 26.5. The second-order valence-corrected chi connectivity index (χ2v) is 12.2. The van der Waals surface area contributed by atoms with E-state index in [-0.39, 0.29) is 5.75 Å². The number of phenolic OH excluding ortho intramolecular Hbond substituents is 1. The standard InChI is InChI=1S/C39H44N2O3/c1-5-8-9-15-26(4)30-16-12-18-34-38(30)43-36-19-11-10-17-33(36)41(34)29-21-22-31(35(42)25-29)39-40-32-23-20-28(24-37(32)44-39)27(13-6-2)14-7-3/h10-12,16-27,42H,5-9,13-15H2,1-4H3. The summed E-state index contributed by atoms with van der Waals surface area (Å²) >= 11 is 0. The summed E-state index contributed by atoms with van der Waals surface area (Å²) in [6.07, 6.45) is 9.40. The number of unbranched alkanes of at least 4 members (excludes halogenated alkanes) is 2. The number of rotatable bonds is 12. The van der Waals surface area contributed by atoms with Crippen molar-refractivity contribution < 1.29 is 14.3 Å². The third-order valence-corrected chi connectivity index (χ3v) is 8.98. The second-order valence-electron chi connectivity index (χ2n) is 12.2. The largest absolute Gasteiger partial charge is 0.507 e. The molecule has 4 aromatic carbocycles. The fraction of sp³-hybridized carbons (Fsp3) is 0.359. The van der Waals surface area contributed by atoms with Gasteiger partial charge in [-0.25, -0.2) is 4.98 Å². The SMILES string of the molecule is CCCCCC(C)c1cccc2c1Oc1ccccc1N2c1ccc(-c2nc3ccc(C(CCC)CCC)cc3o2)c(O)c1. The average molecular weight is 589 g/mol. The molecule has 1 unspecified atom stereocenters. The first-order valence-corrected chi connectivity index (χ1v) is 16.5. The zero-order valence-corrected chi connectivity index (χ0v) is 26.5. The first kappa shape index (κ1) is 29.8. The fourth-order valence-electron chi connectivity index (χ4n) is 6.64. The molecule has 0 aliphatic carbocycles. The monoisotopic (exact) mass is 588 g/mol. The summed E-state index contributed by atoms with van der Waals surface area (Å²) in [6, 6.07) is 26.6. The Bertz CT molecular complexity index is 1730. The topological polar surface area (TPSA) is 58.7 Å². The highest BCUT2D eigenvalue weighted by molar-refractivity contribution is 5.88. The summed E-state index contributed by atoms with van der Waals surface area (Å²) in [5.74, 6) is 3.13. The lowest BCUT2D eigenvalue weighted by Crippen LogP contribution is -2.17. The third-order valence-electron chi connectivity index (χ3n) is 8.98. The van der Waals surface area contributed by atoms with Gasteiger partial charge in [-0.3, -0.25) is 0 Å². The van der Waals surface area contributed by atoms with Crippen LogP contribution in [-0.2, 0) is 0 Å². The highest BCUT2D eigenvalue weighted by Gasteiger charge is 2.29. The van der Waals surface area contributed by atoms with E-state index in [2.05, 4.69) is 69.0 Å². The van der Waals surface area contributed by atoms with Crippen LogP contribution in [0.15, 0.2) is 83.3 Å². The van der Waals surface area contributed by atoms with Gasteiger partial charge in [0.25, 0.3) is 0 Å². The number of para-hydroxylation sites is 3. The number of hydrogen-bond acceptors (Lipinski definition) is 5. The molecule has 0 spiro atoms. The number of fused-ring (bicyclic) bond motifs is 3. The highest BCUT2D eigenvalue weighted by atomic mass is 16.5. The molecule has 5 heteroatoms. The number of aromatic nitrogens is 1. The van der Waals surface area contributed by atoms with Crippen LogP contribution in [0.1, 0.15) is 102 Å². The van der Waals surface area contributed by atoms with E-state index in [1.54, 1.807) is 6.07 Å². The summed E-state index contributed by atoms with van der Waals surface area (Å²) in [5.41, 5.74) is 7.40. The Morgan fingerprint density at radius 1 is 0.795 bits per heavy atom. The maximum atomic E-state index is 11.4. The second kappa shape index (κ2) is 13.2. The van der Waals surface area contributed by atoms with Crippen LogP contribution in [0.5, 0.6) is 17.2 Å². The normalized spacial score (nSPS) is 13.2. The van der Waals surface area contributed by atoms with Crippen LogP contribution in [0.25, 0.3) is 22.6 Å². The Kier molecular flexibility index (Phi) is 8.92.